The van der Waals surface area contributed by atoms with Crippen LogP contribution in [0.25, 0.3) is 0 Å². The lowest BCUT2D eigenvalue weighted by atomic mass is 10.2. The van der Waals surface area contributed by atoms with Crippen molar-refractivity contribution in [3.05, 3.63) is 18.2 Å². The zero-order valence-electron chi connectivity index (χ0n) is 7.93. The molecule has 1 heterocycles. The second-order valence-corrected chi connectivity index (χ2v) is 3.14. The van der Waals surface area contributed by atoms with Crippen LogP contribution >= 0.6 is 24.8 Å². The average molecular weight is 226 g/mol. The molecule has 1 aromatic heterocycles. The first-order valence-corrected chi connectivity index (χ1v) is 3.93. The number of hydrogen-bond donors (Lipinski definition) is 1. The first-order valence-electron chi connectivity index (χ1n) is 3.93. The Balaban J connectivity index is 0. The first-order chi connectivity index (χ1) is 5.24. The van der Waals surface area contributed by atoms with E-state index in [1.165, 1.54) is 0 Å². The highest BCUT2D eigenvalue weighted by molar-refractivity contribution is 5.85. The van der Waals surface area contributed by atoms with E-state index in [-0.39, 0.29) is 24.8 Å². The fourth-order valence-electron chi connectivity index (χ4n) is 1.08. The Labute approximate surface area is 91.5 Å². The van der Waals surface area contributed by atoms with Crippen molar-refractivity contribution in [1.29, 1.82) is 0 Å². The van der Waals surface area contributed by atoms with Gasteiger partial charge in [0.15, 0.2) is 0 Å². The Morgan fingerprint density at radius 1 is 1.46 bits per heavy atom. The number of rotatable bonds is 3. The van der Waals surface area contributed by atoms with E-state index in [0.717, 1.165) is 12.2 Å². The predicted molar refractivity (Wildman–Crippen MR) is 59.5 cm³/mol. The van der Waals surface area contributed by atoms with E-state index in [9.17, 15) is 0 Å². The number of nitrogens with two attached hydrogens (primary N) is 1. The van der Waals surface area contributed by atoms with Crippen molar-refractivity contribution in [2.24, 2.45) is 11.7 Å². The van der Waals surface area contributed by atoms with Crippen LogP contribution in [0.1, 0.15) is 19.5 Å². The molecule has 5 heteroatoms. The standard InChI is InChI=1S/C8H15N3.2ClH/c1-7(2)5-11-6-10-4-8(11)3-9;;/h4,6-7H,3,5,9H2,1-2H3;2*1H. The van der Waals surface area contributed by atoms with E-state index < -0.39 is 0 Å². The summed E-state index contributed by atoms with van der Waals surface area (Å²) in [5, 5.41) is 0. The Hall–Kier alpha value is -0.250. The molecule has 13 heavy (non-hydrogen) atoms. The minimum Gasteiger partial charge on any atom is -0.333 e. The third kappa shape index (κ3) is 4.50. The molecule has 0 bridgehead atoms. The monoisotopic (exact) mass is 225 g/mol. The van der Waals surface area contributed by atoms with Gasteiger partial charge in [0.25, 0.3) is 0 Å². The van der Waals surface area contributed by atoms with Crippen molar-refractivity contribution in [2.75, 3.05) is 0 Å². The quantitative estimate of drug-likeness (QED) is 0.854. The smallest absolute Gasteiger partial charge is 0.0948 e. The number of halogens is 2. The lowest BCUT2D eigenvalue weighted by Gasteiger charge is -2.08. The van der Waals surface area contributed by atoms with Crippen LogP contribution in [-0.4, -0.2) is 9.55 Å². The van der Waals surface area contributed by atoms with Gasteiger partial charge in [-0.1, -0.05) is 13.8 Å². The van der Waals surface area contributed by atoms with Crippen LogP contribution in [0.3, 0.4) is 0 Å². The van der Waals surface area contributed by atoms with Crippen molar-refractivity contribution in [1.82, 2.24) is 9.55 Å². The van der Waals surface area contributed by atoms with Gasteiger partial charge >= 0.3 is 0 Å². The van der Waals surface area contributed by atoms with Gasteiger partial charge in [-0.05, 0) is 5.92 Å². The maximum absolute atomic E-state index is 5.51. The zero-order valence-corrected chi connectivity index (χ0v) is 9.57. The molecule has 0 radical (unpaired) electrons. The molecule has 1 rings (SSSR count). The summed E-state index contributed by atoms with van der Waals surface area (Å²) in [5.41, 5.74) is 6.62. The molecule has 0 spiro atoms. The van der Waals surface area contributed by atoms with Crippen LogP contribution in [0.15, 0.2) is 12.5 Å². The number of aromatic nitrogens is 2. The predicted octanol–water partition coefficient (Wildman–Crippen LogP) is 1.84. The molecule has 0 aromatic carbocycles. The van der Waals surface area contributed by atoms with Crippen LogP contribution in [0, 0.1) is 5.92 Å². The number of imidazole rings is 1. The summed E-state index contributed by atoms with van der Waals surface area (Å²) in [6, 6.07) is 0. The molecule has 2 N–H and O–H groups in total. The topological polar surface area (TPSA) is 43.8 Å². The Kier molecular flexibility index (Phi) is 8.42. The summed E-state index contributed by atoms with van der Waals surface area (Å²) in [7, 11) is 0. The molecule has 0 aliphatic carbocycles. The van der Waals surface area contributed by atoms with Gasteiger partial charge in [-0.15, -0.1) is 24.8 Å². The second kappa shape index (κ2) is 7.18. The van der Waals surface area contributed by atoms with Crippen LogP contribution < -0.4 is 5.73 Å². The van der Waals surface area contributed by atoms with Crippen molar-refractivity contribution in [3.8, 4) is 0 Å². The van der Waals surface area contributed by atoms with Gasteiger partial charge in [0.05, 0.1) is 12.0 Å². The van der Waals surface area contributed by atoms with E-state index in [0.29, 0.717) is 12.5 Å². The Morgan fingerprint density at radius 3 is 2.54 bits per heavy atom. The van der Waals surface area contributed by atoms with E-state index in [4.69, 9.17) is 5.73 Å². The molecular weight excluding hydrogens is 209 g/mol. The molecule has 0 aliphatic heterocycles. The Morgan fingerprint density at radius 2 is 2.08 bits per heavy atom. The molecule has 0 atom stereocenters. The van der Waals surface area contributed by atoms with Crippen LogP contribution in [0.5, 0.6) is 0 Å². The van der Waals surface area contributed by atoms with Crippen molar-refractivity contribution < 1.29 is 0 Å². The molecule has 0 unspecified atom stereocenters. The van der Waals surface area contributed by atoms with Gasteiger partial charge in [-0.25, -0.2) is 4.98 Å². The maximum Gasteiger partial charge on any atom is 0.0948 e. The lowest BCUT2D eigenvalue weighted by Crippen LogP contribution is -2.09. The minimum atomic E-state index is 0. The molecule has 0 saturated carbocycles. The minimum absolute atomic E-state index is 0. The van der Waals surface area contributed by atoms with Crippen molar-refractivity contribution in [2.45, 2.75) is 26.9 Å². The third-order valence-corrected chi connectivity index (χ3v) is 1.57. The molecule has 0 amide bonds. The Bertz CT molecular complexity index is 223. The molecule has 1 aromatic rings. The van der Waals surface area contributed by atoms with E-state index in [1.54, 1.807) is 0 Å². The summed E-state index contributed by atoms with van der Waals surface area (Å²) in [6.45, 7) is 5.94. The van der Waals surface area contributed by atoms with E-state index in [1.807, 2.05) is 12.5 Å². The van der Waals surface area contributed by atoms with Crippen molar-refractivity contribution >= 4 is 24.8 Å². The number of hydrogen-bond acceptors (Lipinski definition) is 2. The fraction of sp³-hybridized carbons (Fsp3) is 0.625. The summed E-state index contributed by atoms with van der Waals surface area (Å²) >= 11 is 0. The van der Waals surface area contributed by atoms with Gasteiger partial charge in [-0.2, -0.15) is 0 Å². The molecule has 0 saturated heterocycles. The fourth-order valence-corrected chi connectivity index (χ4v) is 1.08. The van der Waals surface area contributed by atoms with Gasteiger partial charge in [-0.3, -0.25) is 0 Å². The summed E-state index contributed by atoms with van der Waals surface area (Å²) in [6.07, 6.45) is 3.66. The highest BCUT2D eigenvalue weighted by Gasteiger charge is 2.00. The molecule has 0 aliphatic rings. The zero-order chi connectivity index (χ0) is 8.27. The molecular formula is C8H17Cl2N3. The van der Waals surface area contributed by atoms with Crippen molar-refractivity contribution in [3.63, 3.8) is 0 Å². The van der Waals surface area contributed by atoms with E-state index in [2.05, 4.69) is 23.4 Å². The largest absolute Gasteiger partial charge is 0.333 e. The van der Waals surface area contributed by atoms with Crippen LogP contribution in [-0.2, 0) is 13.1 Å². The lowest BCUT2D eigenvalue weighted by molar-refractivity contribution is 0.510. The normalized spacial score (nSPS) is 9.23. The molecule has 3 nitrogen and oxygen atoms in total. The molecule has 78 valence electrons. The highest BCUT2D eigenvalue weighted by atomic mass is 35.5. The highest BCUT2D eigenvalue weighted by Crippen LogP contribution is 2.02. The summed E-state index contributed by atoms with van der Waals surface area (Å²) in [5.74, 6) is 0.648. The SMILES string of the molecule is CC(C)Cn1cncc1CN.Cl.Cl. The maximum atomic E-state index is 5.51. The van der Waals surface area contributed by atoms with Crippen LogP contribution in [0.4, 0.5) is 0 Å². The second-order valence-electron chi connectivity index (χ2n) is 3.14. The van der Waals surface area contributed by atoms with E-state index >= 15 is 0 Å². The van der Waals surface area contributed by atoms with Gasteiger partial charge < -0.3 is 10.3 Å². The third-order valence-electron chi connectivity index (χ3n) is 1.57. The number of nitrogens with zero attached hydrogens (tertiary/aromatic N) is 2. The average Bonchev–Trinajstić information content (AvgIpc) is 2.34. The van der Waals surface area contributed by atoms with Gasteiger partial charge in [0.1, 0.15) is 0 Å². The van der Waals surface area contributed by atoms with Gasteiger partial charge in [0.2, 0.25) is 0 Å². The van der Waals surface area contributed by atoms with Gasteiger partial charge in [0, 0.05) is 19.3 Å². The summed E-state index contributed by atoms with van der Waals surface area (Å²) in [4.78, 5) is 4.03. The first kappa shape index (κ1) is 15.2. The van der Waals surface area contributed by atoms with Crippen LogP contribution in [0.2, 0.25) is 0 Å². The molecule has 0 fully saturated rings. The summed E-state index contributed by atoms with van der Waals surface area (Å²) < 4.78 is 2.10.